The SMILES string of the molecule is CC(O)C(NC(=O)NCc1cc(F)ccc1F)C(=O)O. The van der Waals surface area contributed by atoms with E-state index in [1.165, 1.54) is 6.92 Å². The Bertz CT molecular complexity index is 508. The number of carboxylic acid groups (broad SMARTS) is 1. The van der Waals surface area contributed by atoms with Crippen molar-refractivity contribution in [3.05, 3.63) is 35.4 Å². The minimum atomic E-state index is -1.49. The highest BCUT2D eigenvalue weighted by Gasteiger charge is 2.24. The number of aliphatic hydroxyl groups excluding tert-OH is 1. The number of rotatable bonds is 5. The van der Waals surface area contributed by atoms with Crippen molar-refractivity contribution < 1.29 is 28.6 Å². The van der Waals surface area contributed by atoms with E-state index in [1.54, 1.807) is 0 Å². The van der Waals surface area contributed by atoms with Crippen LogP contribution in [0, 0.1) is 11.6 Å². The molecule has 4 N–H and O–H groups in total. The number of benzene rings is 1. The average Bonchev–Trinajstić information content (AvgIpc) is 2.36. The number of carbonyl (C=O) groups is 2. The number of urea groups is 1. The monoisotopic (exact) mass is 288 g/mol. The van der Waals surface area contributed by atoms with Gasteiger partial charge in [-0.2, -0.15) is 0 Å². The third-order valence-corrected chi connectivity index (χ3v) is 2.48. The summed E-state index contributed by atoms with van der Waals surface area (Å²) in [6.45, 7) is 0.882. The number of aliphatic carboxylic acids is 1. The van der Waals surface area contributed by atoms with Crippen LogP contribution in [0.4, 0.5) is 13.6 Å². The molecule has 1 aromatic carbocycles. The Hall–Kier alpha value is -2.22. The van der Waals surface area contributed by atoms with Gasteiger partial charge in [-0.3, -0.25) is 0 Å². The first kappa shape index (κ1) is 15.8. The summed E-state index contributed by atoms with van der Waals surface area (Å²) in [7, 11) is 0. The van der Waals surface area contributed by atoms with Crippen molar-refractivity contribution in [3.8, 4) is 0 Å². The Labute approximate surface area is 113 Å². The number of carboxylic acids is 1. The van der Waals surface area contributed by atoms with Crippen LogP contribution < -0.4 is 10.6 Å². The number of nitrogens with one attached hydrogen (secondary N) is 2. The predicted molar refractivity (Wildman–Crippen MR) is 64.8 cm³/mol. The highest BCUT2D eigenvalue weighted by molar-refractivity contribution is 5.82. The van der Waals surface area contributed by atoms with Gasteiger partial charge in [0.25, 0.3) is 0 Å². The van der Waals surface area contributed by atoms with Crippen molar-refractivity contribution >= 4 is 12.0 Å². The fraction of sp³-hybridized carbons (Fsp3) is 0.333. The summed E-state index contributed by atoms with van der Waals surface area (Å²) in [5.41, 5.74) is -0.0796. The van der Waals surface area contributed by atoms with Crippen LogP contribution in [0.2, 0.25) is 0 Å². The van der Waals surface area contributed by atoms with Crippen molar-refractivity contribution in [1.82, 2.24) is 10.6 Å². The molecule has 0 aliphatic rings. The quantitative estimate of drug-likeness (QED) is 0.637. The van der Waals surface area contributed by atoms with E-state index < -0.39 is 35.8 Å². The van der Waals surface area contributed by atoms with E-state index in [1.807, 2.05) is 5.32 Å². The van der Waals surface area contributed by atoms with E-state index in [0.717, 1.165) is 18.2 Å². The summed E-state index contributed by atoms with van der Waals surface area (Å²) in [6.07, 6.45) is -1.30. The van der Waals surface area contributed by atoms with Crippen molar-refractivity contribution in [2.45, 2.75) is 25.6 Å². The summed E-state index contributed by atoms with van der Waals surface area (Å²) in [5, 5.41) is 22.1. The second kappa shape index (κ2) is 6.80. The summed E-state index contributed by atoms with van der Waals surface area (Å²) in [5.74, 6) is -2.76. The van der Waals surface area contributed by atoms with Gasteiger partial charge in [-0.25, -0.2) is 18.4 Å². The molecule has 2 atom stereocenters. The largest absolute Gasteiger partial charge is 0.480 e. The average molecular weight is 288 g/mol. The fourth-order valence-corrected chi connectivity index (χ4v) is 1.44. The Balaban J connectivity index is 2.59. The molecule has 0 aliphatic carbocycles. The molecule has 0 heterocycles. The number of hydrogen-bond donors (Lipinski definition) is 4. The molecule has 2 unspecified atom stereocenters. The van der Waals surface area contributed by atoms with Crippen LogP contribution in [-0.2, 0) is 11.3 Å². The number of halogens is 2. The first-order valence-corrected chi connectivity index (χ1v) is 5.70. The first-order valence-electron chi connectivity index (χ1n) is 5.70. The molecule has 110 valence electrons. The molecule has 0 aromatic heterocycles. The van der Waals surface area contributed by atoms with Crippen molar-refractivity contribution in [2.75, 3.05) is 0 Å². The molecule has 0 spiro atoms. The van der Waals surface area contributed by atoms with Crippen molar-refractivity contribution in [1.29, 1.82) is 0 Å². The Morgan fingerprint density at radius 3 is 2.55 bits per heavy atom. The molecule has 1 aromatic rings. The van der Waals surface area contributed by atoms with Crippen molar-refractivity contribution in [3.63, 3.8) is 0 Å². The number of carbonyl (C=O) groups excluding carboxylic acids is 1. The molecule has 20 heavy (non-hydrogen) atoms. The Morgan fingerprint density at radius 2 is 2.00 bits per heavy atom. The van der Waals surface area contributed by atoms with E-state index >= 15 is 0 Å². The van der Waals surface area contributed by atoms with E-state index in [2.05, 4.69) is 5.32 Å². The zero-order valence-corrected chi connectivity index (χ0v) is 10.6. The molecular weight excluding hydrogens is 274 g/mol. The van der Waals surface area contributed by atoms with E-state index in [-0.39, 0.29) is 12.1 Å². The van der Waals surface area contributed by atoms with E-state index in [4.69, 9.17) is 10.2 Å². The van der Waals surface area contributed by atoms with Gasteiger partial charge >= 0.3 is 12.0 Å². The van der Waals surface area contributed by atoms with Crippen LogP contribution in [0.5, 0.6) is 0 Å². The minimum absolute atomic E-state index is 0.0796. The topological polar surface area (TPSA) is 98.7 Å². The second-order valence-electron chi connectivity index (χ2n) is 4.12. The molecule has 1 rings (SSSR count). The molecule has 2 amide bonds. The summed E-state index contributed by atoms with van der Waals surface area (Å²) < 4.78 is 26.2. The van der Waals surface area contributed by atoms with E-state index in [0.29, 0.717) is 0 Å². The molecule has 0 bridgehead atoms. The molecule has 6 nitrogen and oxygen atoms in total. The van der Waals surface area contributed by atoms with Gasteiger partial charge in [0.1, 0.15) is 11.6 Å². The van der Waals surface area contributed by atoms with Gasteiger partial charge in [0, 0.05) is 12.1 Å². The van der Waals surface area contributed by atoms with Crippen LogP contribution >= 0.6 is 0 Å². The lowest BCUT2D eigenvalue weighted by Crippen LogP contribution is -2.51. The summed E-state index contributed by atoms with van der Waals surface area (Å²) in [6, 6.07) is 0.362. The van der Waals surface area contributed by atoms with Gasteiger partial charge < -0.3 is 20.8 Å². The second-order valence-corrected chi connectivity index (χ2v) is 4.12. The minimum Gasteiger partial charge on any atom is -0.480 e. The zero-order valence-electron chi connectivity index (χ0n) is 10.6. The van der Waals surface area contributed by atoms with Crippen LogP contribution in [0.3, 0.4) is 0 Å². The third-order valence-electron chi connectivity index (χ3n) is 2.48. The maximum absolute atomic E-state index is 13.3. The van der Waals surface area contributed by atoms with Gasteiger partial charge in [0.05, 0.1) is 6.10 Å². The van der Waals surface area contributed by atoms with Crippen LogP contribution in [0.15, 0.2) is 18.2 Å². The van der Waals surface area contributed by atoms with Gasteiger partial charge in [0.15, 0.2) is 6.04 Å². The Kier molecular flexibility index (Phi) is 5.39. The van der Waals surface area contributed by atoms with Crippen LogP contribution in [0.1, 0.15) is 12.5 Å². The number of aliphatic hydroxyl groups is 1. The van der Waals surface area contributed by atoms with Gasteiger partial charge in [-0.15, -0.1) is 0 Å². The maximum atomic E-state index is 13.3. The lowest BCUT2D eigenvalue weighted by Gasteiger charge is -2.17. The molecular formula is C12H14F2N2O4. The number of amides is 2. The highest BCUT2D eigenvalue weighted by Crippen LogP contribution is 2.09. The first-order chi connectivity index (χ1) is 9.31. The lowest BCUT2D eigenvalue weighted by molar-refractivity contribution is -0.141. The third kappa shape index (κ3) is 4.47. The molecule has 0 saturated heterocycles. The normalized spacial score (nSPS) is 13.4. The summed E-state index contributed by atoms with van der Waals surface area (Å²) in [4.78, 5) is 22.2. The fourth-order valence-electron chi connectivity index (χ4n) is 1.44. The van der Waals surface area contributed by atoms with Crippen molar-refractivity contribution in [2.24, 2.45) is 0 Å². The predicted octanol–water partition coefficient (Wildman–Crippen LogP) is 0.598. The molecule has 0 saturated carbocycles. The highest BCUT2D eigenvalue weighted by atomic mass is 19.1. The van der Waals surface area contributed by atoms with Gasteiger partial charge in [-0.1, -0.05) is 0 Å². The summed E-state index contributed by atoms with van der Waals surface area (Å²) >= 11 is 0. The van der Waals surface area contributed by atoms with Gasteiger partial charge in [0.2, 0.25) is 0 Å². The van der Waals surface area contributed by atoms with Gasteiger partial charge in [-0.05, 0) is 25.1 Å². The molecule has 0 fully saturated rings. The zero-order chi connectivity index (χ0) is 15.3. The molecule has 0 radical (unpaired) electrons. The number of hydrogen-bond acceptors (Lipinski definition) is 3. The molecule has 0 aliphatic heterocycles. The van der Waals surface area contributed by atoms with Crippen LogP contribution in [0.25, 0.3) is 0 Å². The van der Waals surface area contributed by atoms with E-state index in [9.17, 15) is 18.4 Å². The maximum Gasteiger partial charge on any atom is 0.328 e. The smallest absolute Gasteiger partial charge is 0.328 e. The van der Waals surface area contributed by atoms with Crippen LogP contribution in [-0.4, -0.2) is 34.4 Å². The standard InChI is InChI=1S/C12H14F2N2O4/c1-6(17)10(11(18)19)16-12(20)15-5-7-4-8(13)2-3-9(7)14/h2-4,6,10,17H,5H2,1H3,(H,18,19)(H2,15,16,20). The Morgan fingerprint density at radius 1 is 1.35 bits per heavy atom. The lowest BCUT2D eigenvalue weighted by atomic mass is 10.2. The molecule has 8 heteroatoms.